The Kier molecular flexibility index (Phi) is 4.74. The Morgan fingerprint density at radius 1 is 1.08 bits per heavy atom. The van der Waals surface area contributed by atoms with Crippen molar-refractivity contribution in [2.45, 2.75) is 57.3 Å². The van der Waals surface area contributed by atoms with Crippen molar-refractivity contribution in [2.24, 2.45) is 0 Å². The molecule has 138 valence electrons. The zero-order valence-corrected chi connectivity index (χ0v) is 15.1. The summed E-state index contributed by atoms with van der Waals surface area (Å²) >= 11 is 0. The second-order valence-corrected chi connectivity index (χ2v) is 7.62. The van der Waals surface area contributed by atoms with Gasteiger partial charge in [0.05, 0.1) is 24.9 Å². The molecule has 0 amide bonds. The maximum absolute atomic E-state index is 10.4. The third-order valence-corrected chi connectivity index (χ3v) is 5.84. The molecule has 3 N–H and O–H groups in total. The third-order valence-electron chi connectivity index (χ3n) is 5.84. The van der Waals surface area contributed by atoms with Gasteiger partial charge >= 0.3 is 0 Å². The lowest BCUT2D eigenvalue weighted by atomic mass is 9.85. The number of hydrogen-bond donors (Lipinski definition) is 3. The summed E-state index contributed by atoms with van der Waals surface area (Å²) in [6, 6.07) is 10.4. The van der Waals surface area contributed by atoms with Crippen LogP contribution in [-0.2, 0) is 24.0 Å². The minimum atomic E-state index is -0.527. The quantitative estimate of drug-likeness (QED) is 0.789. The highest BCUT2D eigenvalue weighted by molar-refractivity contribution is 5.48. The minimum Gasteiger partial charge on any atom is -0.508 e. The molecule has 2 aromatic carbocycles. The lowest BCUT2D eigenvalue weighted by Gasteiger charge is -2.34. The maximum atomic E-state index is 10.4. The Hall–Kier alpha value is -1.88. The van der Waals surface area contributed by atoms with Crippen molar-refractivity contribution in [3.8, 4) is 5.75 Å². The average Bonchev–Trinajstić information content (AvgIpc) is 2.59. The molecule has 1 aliphatic heterocycles. The highest BCUT2D eigenvalue weighted by Crippen LogP contribution is 2.39. The Morgan fingerprint density at radius 2 is 1.88 bits per heavy atom. The molecule has 1 aliphatic carbocycles. The van der Waals surface area contributed by atoms with Gasteiger partial charge in [0.25, 0.3) is 0 Å². The standard InChI is InChI=1S/C22H26O4/c1-13-16(8-14-2-3-15-4-5-17(15)9-14)6-7-20(25)22(13)21-11-18(24)10-19(12-23)26-21/h2-3,6-7,9,18-19,21,23-25H,4-5,8,10-12H2,1H3. The van der Waals surface area contributed by atoms with Crippen LogP contribution in [0.4, 0.5) is 0 Å². The summed E-state index contributed by atoms with van der Waals surface area (Å²) in [4.78, 5) is 0. The zero-order valence-electron chi connectivity index (χ0n) is 15.1. The van der Waals surface area contributed by atoms with E-state index in [1.54, 1.807) is 6.07 Å². The smallest absolute Gasteiger partial charge is 0.121 e. The number of hydrogen-bond acceptors (Lipinski definition) is 4. The molecule has 2 aliphatic rings. The van der Waals surface area contributed by atoms with Crippen molar-refractivity contribution in [1.29, 1.82) is 0 Å². The highest BCUT2D eigenvalue weighted by atomic mass is 16.5. The van der Waals surface area contributed by atoms with E-state index in [9.17, 15) is 15.3 Å². The van der Waals surface area contributed by atoms with Gasteiger partial charge in [0.2, 0.25) is 0 Å². The summed E-state index contributed by atoms with van der Waals surface area (Å²) in [5, 5.41) is 30.0. The van der Waals surface area contributed by atoms with E-state index in [4.69, 9.17) is 4.74 Å². The van der Waals surface area contributed by atoms with Crippen molar-refractivity contribution >= 4 is 0 Å². The third kappa shape index (κ3) is 3.25. The fourth-order valence-corrected chi connectivity index (χ4v) is 4.23. The van der Waals surface area contributed by atoms with E-state index in [2.05, 4.69) is 18.2 Å². The molecule has 4 heteroatoms. The highest BCUT2D eigenvalue weighted by Gasteiger charge is 2.32. The van der Waals surface area contributed by atoms with Crippen LogP contribution < -0.4 is 0 Å². The van der Waals surface area contributed by atoms with Gasteiger partial charge in [0.15, 0.2) is 0 Å². The molecule has 0 saturated carbocycles. The van der Waals surface area contributed by atoms with Gasteiger partial charge < -0.3 is 20.1 Å². The number of aliphatic hydroxyl groups is 2. The molecule has 1 saturated heterocycles. The Balaban J connectivity index is 1.63. The van der Waals surface area contributed by atoms with E-state index in [0.29, 0.717) is 12.8 Å². The number of ether oxygens (including phenoxy) is 1. The predicted molar refractivity (Wildman–Crippen MR) is 99.4 cm³/mol. The number of fused-ring (bicyclic) bond motifs is 1. The van der Waals surface area contributed by atoms with Gasteiger partial charge in [-0.25, -0.2) is 0 Å². The molecule has 3 atom stereocenters. The van der Waals surface area contributed by atoms with Gasteiger partial charge in [-0.2, -0.15) is 0 Å². The molecule has 0 radical (unpaired) electrons. The molecular weight excluding hydrogens is 328 g/mol. The fourth-order valence-electron chi connectivity index (χ4n) is 4.23. The summed E-state index contributed by atoms with van der Waals surface area (Å²) in [6.07, 6.45) is 2.72. The van der Waals surface area contributed by atoms with E-state index in [-0.39, 0.29) is 18.5 Å². The maximum Gasteiger partial charge on any atom is 0.121 e. The van der Waals surface area contributed by atoms with Crippen LogP contribution in [0.2, 0.25) is 0 Å². The molecular formula is C22H26O4. The van der Waals surface area contributed by atoms with Crippen LogP contribution in [0.25, 0.3) is 0 Å². The van der Waals surface area contributed by atoms with Crippen molar-refractivity contribution in [3.05, 3.63) is 63.7 Å². The van der Waals surface area contributed by atoms with Gasteiger partial charge in [-0.1, -0.05) is 24.3 Å². The molecule has 26 heavy (non-hydrogen) atoms. The second kappa shape index (κ2) is 7.03. The van der Waals surface area contributed by atoms with E-state index in [1.807, 2.05) is 13.0 Å². The molecule has 4 rings (SSSR count). The second-order valence-electron chi connectivity index (χ2n) is 7.62. The molecule has 0 aromatic heterocycles. The molecule has 3 unspecified atom stereocenters. The number of aromatic hydroxyl groups is 1. The topological polar surface area (TPSA) is 69.9 Å². The van der Waals surface area contributed by atoms with E-state index < -0.39 is 12.2 Å². The van der Waals surface area contributed by atoms with Gasteiger partial charge in [0, 0.05) is 18.4 Å². The first kappa shape index (κ1) is 17.5. The Bertz CT molecular complexity index is 814. The van der Waals surface area contributed by atoms with Crippen molar-refractivity contribution < 1.29 is 20.1 Å². The molecule has 0 spiro atoms. The summed E-state index contributed by atoms with van der Waals surface area (Å²) in [5.74, 6) is 0.194. The van der Waals surface area contributed by atoms with Crippen LogP contribution in [0.3, 0.4) is 0 Å². The zero-order chi connectivity index (χ0) is 18.3. The van der Waals surface area contributed by atoms with Crippen LogP contribution in [0.1, 0.15) is 52.3 Å². The predicted octanol–water partition coefficient (Wildman–Crippen LogP) is 2.96. The molecule has 0 bridgehead atoms. The van der Waals surface area contributed by atoms with Crippen LogP contribution in [0, 0.1) is 6.92 Å². The number of benzene rings is 2. The molecule has 1 heterocycles. The van der Waals surface area contributed by atoms with Gasteiger partial charge in [-0.05, 0) is 60.1 Å². The number of phenolic OH excluding ortho intramolecular Hbond substituents is 1. The SMILES string of the molecule is Cc1c(Cc2ccc3c(c2)CC3)ccc(O)c1C1CC(O)CC(CO)O1. The van der Waals surface area contributed by atoms with Gasteiger partial charge in [-0.3, -0.25) is 0 Å². The van der Waals surface area contributed by atoms with Crippen LogP contribution in [0.15, 0.2) is 30.3 Å². The van der Waals surface area contributed by atoms with Crippen molar-refractivity contribution in [1.82, 2.24) is 0 Å². The average molecular weight is 354 g/mol. The first-order valence-corrected chi connectivity index (χ1v) is 9.41. The molecule has 1 fully saturated rings. The largest absolute Gasteiger partial charge is 0.508 e. The molecule has 4 nitrogen and oxygen atoms in total. The Labute approximate surface area is 154 Å². The Morgan fingerprint density at radius 3 is 2.58 bits per heavy atom. The van der Waals surface area contributed by atoms with Crippen LogP contribution in [-0.4, -0.2) is 34.1 Å². The van der Waals surface area contributed by atoms with Gasteiger partial charge in [-0.15, -0.1) is 0 Å². The lowest BCUT2D eigenvalue weighted by Crippen LogP contribution is -2.33. The first-order valence-electron chi connectivity index (χ1n) is 9.41. The number of phenols is 1. The summed E-state index contributed by atoms with van der Waals surface area (Å²) < 4.78 is 5.93. The number of rotatable bonds is 4. The van der Waals surface area contributed by atoms with Crippen molar-refractivity contribution in [3.63, 3.8) is 0 Å². The molecule has 2 aromatic rings. The van der Waals surface area contributed by atoms with E-state index in [1.165, 1.54) is 29.5 Å². The normalized spacial score (nSPS) is 24.8. The van der Waals surface area contributed by atoms with Crippen LogP contribution in [0.5, 0.6) is 5.75 Å². The fraction of sp³-hybridized carbons (Fsp3) is 0.455. The summed E-state index contributed by atoms with van der Waals surface area (Å²) in [6.45, 7) is 1.88. The number of aryl methyl sites for hydroxylation is 2. The lowest BCUT2D eigenvalue weighted by molar-refractivity contribution is -0.114. The van der Waals surface area contributed by atoms with Crippen LogP contribution >= 0.6 is 0 Å². The summed E-state index contributed by atoms with van der Waals surface area (Å²) in [5.41, 5.74) is 7.08. The van der Waals surface area contributed by atoms with E-state index in [0.717, 1.165) is 23.1 Å². The van der Waals surface area contributed by atoms with Gasteiger partial charge in [0.1, 0.15) is 5.75 Å². The number of aliphatic hydroxyl groups excluding tert-OH is 2. The monoisotopic (exact) mass is 354 g/mol. The first-order chi connectivity index (χ1) is 12.5. The minimum absolute atomic E-state index is 0.123. The van der Waals surface area contributed by atoms with E-state index >= 15 is 0 Å². The van der Waals surface area contributed by atoms with Crippen molar-refractivity contribution in [2.75, 3.05) is 6.61 Å². The summed E-state index contributed by atoms with van der Waals surface area (Å²) in [7, 11) is 0.